The number of ether oxygens (including phenoxy) is 2. The molecule has 0 aliphatic carbocycles. The lowest BCUT2D eigenvalue weighted by molar-refractivity contribution is -0.135. The molecule has 0 aromatic heterocycles. The first-order chi connectivity index (χ1) is 8.74. The summed E-state index contributed by atoms with van der Waals surface area (Å²) in [4.78, 5) is 16.5. The highest BCUT2D eigenvalue weighted by Crippen LogP contribution is 2.12. The van der Waals surface area contributed by atoms with Gasteiger partial charge in [-0.2, -0.15) is 0 Å². The third-order valence-electron chi connectivity index (χ3n) is 2.22. The highest BCUT2D eigenvalue weighted by molar-refractivity contribution is 6.43. The summed E-state index contributed by atoms with van der Waals surface area (Å²) in [7, 11) is 2.98. The Hall–Kier alpha value is -1.88. The van der Waals surface area contributed by atoms with Gasteiger partial charge in [0.15, 0.2) is 5.71 Å². The number of carbonyl (C=O) groups is 1. The normalized spacial score (nSPS) is 11.2. The molecule has 0 fully saturated rings. The summed E-state index contributed by atoms with van der Waals surface area (Å²) in [6.45, 7) is 2.41. The maximum absolute atomic E-state index is 11.8. The fraction of sp³-hybridized carbons (Fsp3) is 0.385. The smallest absolute Gasteiger partial charge is 0.361 e. The molecule has 0 radical (unpaired) electrons. The average molecular weight is 251 g/mol. The molecular formula is C13H17NO4. The zero-order chi connectivity index (χ0) is 13.4. The van der Waals surface area contributed by atoms with E-state index < -0.39 is 5.97 Å². The van der Waals surface area contributed by atoms with Crippen molar-refractivity contribution in [2.75, 3.05) is 20.8 Å². The van der Waals surface area contributed by atoms with E-state index in [0.717, 1.165) is 5.56 Å². The summed E-state index contributed by atoms with van der Waals surface area (Å²) in [5, 5.41) is 3.74. The summed E-state index contributed by atoms with van der Waals surface area (Å²) in [5.74, 6) is -0.511. The Morgan fingerprint density at radius 3 is 2.61 bits per heavy atom. The van der Waals surface area contributed by atoms with E-state index in [1.54, 1.807) is 20.1 Å². The molecule has 0 aliphatic heterocycles. The summed E-state index contributed by atoms with van der Waals surface area (Å²) in [5.41, 5.74) is 1.65. The number of rotatable bonds is 6. The van der Waals surface area contributed by atoms with Gasteiger partial charge in [0.05, 0.1) is 13.2 Å². The number of esters is 1. The van der Waals surface area contributed by atoms with Gasteiger partial charge in [0.2, 0.25) is 0 Å². The predicted molar refractivity (Wildman–Crippen MR) is 67.3 cm³/mol. The molecule has 5 nitrogen and oxygen atoms in total. The second-order valence-corrected chi connectivity index (χ2v) is 3.43. The molecule has 0 heterocycles. The molecule has 0 saturated carbocycles. The number of hydrogen-bond donors (Lipinski definition) is 0. The first kappa shape index (κ1) is 14.2. The first-order valence-electron chi connectivity index (χ1n) is 5.60. The molecule has 0 spiro atoms. The van der Waals surface area contributed by atoms with E-state index in [0.29, 0.717) is 12.2 Å². The van der Waals surface area contributed by atoms with E-state index in [4.69, 9.17) is 14.3 Å². The standard InChI is InChI=1S/C13H17NO4/c1-4-18-13(15)12(14-17-3)11-8-6-5-7-10(11)9-16-2/h5-8H,4,9H2,1-3H3/b14-12-. The average Bonchev–Trinajstić information content (AvgIpc) is 2.37. The Bertz CT molecular complexity index is 429. The molecule has 98 valence electrons. The third-order valence-corrected chi connectivity index (χ3v) is 2.22. The topological polar surface area (TPSA) is 57.1 Å². The molecule has 1 aromatic carbocycles. The monoisotopic (exact) mass is 251 g/mol. The van der Waals surface area contributed by atoms with Gasteiger partial charge in [0.1, 0.15) is 7.11 Å². The van der Waals surface area contributed by atoms with Gasteiger partial charge in [-0.3, -0.25) is 0 Å². The minimum atomic E-state index is -0.511. The molecule has 0 bridgehead atoms. The fourth-order valence-electron chi connectivity index (χ4n) is 1.52. The molecule has 0 aliphatic rings. The van der Waals surface area contributed by atoms with Crippen LogP contribution in [-0.4, -0.2) is 32.5 Å². The van der Waals surface area contributed by atoms with E-state index in [1.807, 2.05) is 18.2 Å². The van der Waals surface area contributed by atoms with Gasteiger partial charge in [-0.1, -0.05) is 29.4 Å². The SMILES string of the molecule is CCOC(=O)/C(=N\OC)c1ccccc1COC. The number of carbonyl (C=O) groups excluding carboxylic acids is 1. The summed E-state index contributed by atoms with van der Waals surface area (Å²) in [6, 6.07) is 7.33. The lowest BCUT2D eigenvalue weighted by Crippen LogP contribution is -2.20. The van der Waals surface area contributed by atoms with Crippen LogP contribution in [0.1, 0.15) is 18.1 Å². The zero-order valence-electron chi connectivity index (χ0n) is 10.8. The van der Waals surface area contributed by atoms with E-state index >= 15 is 0 Å². The first-order valence-corrected chi connectivity index (χ1v) is 5.60. The van der Waals surface area contributed by atoms with Gasteiger partial charge >= 0.3 is 5.97 Å². The molecule has 1 rings (SSSR count). The number of hydrogen-bond acceptors (Lipinski definition) is 5. The van der Waals surface area contributed by atoms with Crippen LogP contribution in [0.2, 0.25) is 0 Å². The molecule has 0 saturated heterocycles. The number of nitrogens with zero attached hydrogens (tertiary/aromatic N) is 1. The molecule has 1 aromatic rings. The van der Waals surface area contributed by atoms with Crippen molar-refractivity contribution in [2.24, 2.45) is 5.16 Å². The number of benzene rings is 1. The van der Waals surface area contributed by atoms with Gasteiger partial charge < -0.3 is 14.3 Å². The Morgan fingerprint density at radius 2 is 2.00 bits per heavy atom. The van der Waals surface area contributed by atoms with Crippen molar-refractivity contribution >= 4 is 11.7 Å². The van der Waals surface area contributed by atoms with Gasteiger partial charge in [0.25, 0.3) is 0 Å². The maximum Gasteiger partial charge on any atom is 0.361 e. The van der Waals surface area contributed by atoms with Crippen molar-refractivity contribution in [3.05, 3.63) is 35.4 Å². The maximum atomic E-state index is 11.8. The van der Waals surface area contributed by atoms with Crippen molar-refractivity contribution in [2.45, 2.75) is 13.5 Å². The molecule has 0 N–H and O–H groups in total. The minimum absolute atomic E-state index is 0.145. The largest absolute Gasteiger partial charge is 0.461 e. The van der Waals surface area contributed by atoms with E-state index in [1.165, 1.54) is 7.11 Å². The third kappa shape index (κ3) is 3.56. The molecular weight excluding hydrogens is 234 g/mol. The Kier molecular flexibility index (Phi) is 5.87. The second kappa shape index (κ2) is 7.45. The lowest BCUT2D eigenvalue weighted by Gasteiger charge is -2.10. The van der Waals surface area contributed by atoms with Crippen LogP contribution < -0.4 is 0 Å². The van der Waals surface area contributed by atoms with Crippen LogP contribution in [0.3, 0.4) is 0 Å². The summed E-state index contributed by atoms with van der Waals surface area (Å²) >= 11 is 0. The van der Waals surface area contributed by atoms with Crippen molar-refractivity contribution in [3.63, 3.8) is 0 Å². The molecule has 18 heavy (non-hydrogen) atoms. The van der Waals surface area contributed by atoms with E-state index in [2.05, 4.69) is 5.16 Å². The van der Waals surface area contributed by atoms with E-state index in [-0.39, 0.29) is 12.3 Å². The van der Waals surface area contributed by atoms with Crippen LogP contribution >= 0.6 is 0 Å². The number of methoxy groups -OCH3 is 1. The molecule has 0 amide bonds. The summed E-state index contributed by atoms with van der Waals surface area (Å²) < 4.78 is 10.0. The Labute approximate surface area is 106 Å². The summed E-state index contributed by atoms with van der Waals surface area (Å²) in [6.07, 6.45) is 0. The quantitative estimate of drug-likeness (QED) is 0.439. The number of oxime groups is 1. The van der Waals surface area contributed by atoms with Crippen LogP contribution in [0.4, 0.5) is 0 Å². The van der Waals surface area contributed by atoms with Crippen LogP contribution in [0.15, 0.2) is 29.4 Å². The fourth-order valence-corrected chi connectivity index (χ4v) is 1.52. The molecule has 0 unspecified atom stereocenters. The molecule has 0 atom stereocenters. The second-order valence-electron chi connectivity index (χ2n) is 3.43. The van der Waals surface area contributed by atoms with Gasteiger partial charge in [-0.05, 0) is 12.5 Å². The van der Waals surface area contributed by atoms with E-state index in [9.17, 15) is 4.79 Å². The molecule has 5 heteroatoms. The van der Waals surface area contributed by atoms with Crippen LogP contribution in [0.5, 0.6) is 0 Å². The highest BCUT2D eigenvalue weighted by atomic mass is 16.6. The van der Waals surface area contributed by atoms with Gasteiger partial charge in [-0.15, -0.1) is 0 Å². The van der Waals surface area contributed by atoms with Gasteiger partial charge in [-0.25, -0.2) is 4.79 Å². The predicted octanol–water partition coefficient (Wildman–Crippen LogP) is 1.75. The van der Waals surface area contributed by atoms with Crippen molar-refractivity contribution in [1.82, 2.24) is 0 Å². The highest BCUT2D eigenvalue weighted by Gasteiger charge is 2.19. The van der Waals surface area contributed by atoms with Crippen LogP contribution in [0, 0.1) is 0 Å². The lowest BCUT2D eigenvalue weighted by atomic mass is 10.0. The zero-order valence-corrected chi connectivity index (χ0v) is 10.8. The van der Waals surface area contributed by atoms with Crippen LogP contribution in [-0.2, 0) is 25.7 Å². The van der Waals surface area contributed by atoms with Gasteiger partial charge in [0, 0.05) is 12.7 Å². The van der Waals surface area contributed by atoms with Crippen LogP contribution in [0.25, 0.3) is 0 Å². The van der Waals surface area contributed by atoms with Crippen molar-refractivity contribution in [3.8, 4) is 0 Å². The van der Waals surface area contributed by atoms with Crippen molar-refractivity contribution < 1.29 is 19.1 Å². The van der Waals surface area contributed by atoms with Crippen molar-refractivity contribution in [1.29, 1.82) is 0 Å². The Morgan fingerprint density at radius 1 is 1.28 bits per heavy atom. The minimum Gasteiger partial charge on any atom is -0.461 e. The Balaban J connectivity index is 3.13.